The number of hydrogen-bond acceptors (Lipinski definition) is 2. The van der Waals surface area contributed by atoms with Crippen LogP contribution in [0.25, 0.3) is 16.7 Å². The van der Waals surface area contributed by atoms with Crippen LogP contribution in [0.15, 0.2) is 54.6 Å². The van der Waals surface area contributed by atoms with Gasteiger partial charge in [-0.3, -0.25) is 4.79 Å². The first-order chi connectivity index (χ1) is 12.2. The third kappa shape index (κ3) is 4.39. The van der Waals surface area contributed by atoms with Crippen molar-refractivity contribution in [1.82, 2.24) is 0 Å². The van der Waals surface area contributed by atoms with E-state index in [9.17, 15) is 4.79 Å². The maximum Gasteiger partial charge on any atom is 0.310 e. The molecule has 1 aliphatic rings. The second-order valence-electron chi connectivity index (χ2n) is 6.71. The lowest BCUT2D eigenvalue weighted by Crippen LogP contribution is -2.05. The van der Waals surface area contributed by atoms with Crippen LogP contribution in [0.1, 0.15) is 51.5 Å². The van der Waals surface area contributed by atoms with E-state index in [0.29, 0.717) is 12.2 Å². The Morgan fingerprint density at radius 1 is 0.960 bits per heavy atom. The summed E-state index contributed by atoms with van der Waals surface area (Å²) in [7, 11) is 0. The number of ether oxygens (including phenoxy) is 1. The van der Waals surface area contributed by atoms with Crippen LogP contribution in [-0.2, 0) is 4.79 Å². The van der Waals surface area contributed by atoms with Gasteiger partial charge in [0.25, 0.3) is 0 Å². The van der Waals surface area contributed by atoms with Crippen molar-refractivity contribution in [3.8, 4) is 16.9 Å². The summed E-state index contributed by atoms with van der Waals surface area (Å²) in [6, 6.07) is 16.5. The second kappa shape index (κ2) is 8.15. The minimum atomic E-state index is -0.205. The van der Waals surface area contributed by atoms with Crippen LogP contribution >= 0.6 is 0 Å². The maximum atomic E-state index is 11.3. The van der Waals surface area contributed by atoms with Gasteiger partial charge in [0.2, 0.25) is 0 Å². The average molecular weight is 334 g/mol. The number of hydrogen-bond donors (Lipinski definition) is 0. The lowest BCUT2D eigenvalue weighted by atomic mass is 9.85. The standard InChI is InChI=1S/C23H26O2/c1-3-17-5-7-18(8-6-17)19-9-11-20(12-10-19)21-13-15-22(16-14-21)25-23(24)4-2/h7,9-17H,3-6,8H2,1-2H3. The molecule has 0 aliphatic heterocycles. The van der Waals surface area contributed by atoms with Gasteiger partial charge >= 0.3 is 5.97 Å². The van der Waals surface area contributed by atoms with Crippen molar-refractivity contribution in [2.24, 2.45) is 5.92 Å². The molecule has 2 heteroatoms. The zero-order valence-electron chi connectivity index (χ0n) is 15.1. The molecule has 0 saturated carbocycles. The SMILES string of the molecule is CCC(=O)Oc1ccc(-c2ccc(C3=CCC(CC)CC3)cc2)cc1. The molecule has 1 atom stereocenters. The minimum Gasteiger partial charge on any atom is -0.427 e. The number of rotatable bonds is 5. The Bertz CT molecular complexity index is 739. The van der Waals surface area contributed by atoms with E-state index >= 15 is 0 Å². The molecule has 1 aliphatic carbocycles. The quantitative estimate of drug-likeness (QED) is 0.476. The number of benzene rings is 2. The molecule has 0 bridgehead atoms. The fourth-order valence-electron chi connectivity index (χ4n) is 3.32. The topological polar surface area (TPSA) is 26.3 Å². The fourth-order valence-corrected chi connectivity index (χ4v) is 3.32. The number of allylic oxidation sites excluding steroid dienone is 2. The molecule has 2 nitrogen and oxygen atoms in total. The minimum absolute atomic E-state index is 0.205. The van der Waals surface area contributed by atoms with E-state index in [1.165, 1.54) is 42.4 Å². The van der Waals surface area contributed by atoms with E-state index < -0.39 is 0 Å². The van der Waals surface area contributed by atoms with Crippen LogP contribution in [0.5, 0.6) is 5.75 Å². The molecular weight excluding hydrogens is 308 g/mol. The highest BCUT2D eigenvalue weighted by Gasteiger charge is 2.13. The van der Waals surface area contributed by atoms with Gasteiger partial charge in [0.15, 0.2) is 0 Å². The van der Waals surface area contributed by atoms with Crippen molar-refractivity contribution >= 4 is 11.5 Å². The van der Waals surface area contributed by atoms with Crippen LogP contribution in [0.3, 0.4) is 0 Å². The molecule has 1 unspecified atom stereocenters. The maximum absolute atomic E-state index is 11.3. The molecular formula is C23H26O2. The smallest absolute Gasteiger partial charge is 0.310 e. The molecule has 0 aromatic heterocycles. The Morgan fingerprint density at radius 3 is 2.08 bits per heavy atom. The number of carbonyl (C=O) groups excluding carboxylic acids is 1. The Labute approximate surface area is 150 Å². The number of esters is 1. The highest BCUT2D eigenvalue weighted by molar-refractivity contribution is 5.73. The predicted molar refractivity (Wildman–Crippen MR) is 103 cm³/mol. The molecule has 0 N–H and O–H groups in total. The fraction of sp³-hybridized carbons (Fsp3) is 0.348. The molecule has 2 aromatic rings. The molecule has 0 amide bonds. The zero-order valence-corrected chi connectivity index (χ0v) is 15.1. The molecule has 130 valence electrons. The number of carbonyl (C=O) groups is 1. The van der Waals surface area contributed by atoms with Crippen molar-refractivity contribution in [2.45, 2.75) is 46.0 Å². The van der Waals surface area contributed by atoms with Gasteiger partial charge < -0.3 is 4.74 Å². The average Bonchev–Trinajstić information content (AvgIpc) is 2.69. The van der Waals surface area contributed by atoms with Crippen LogP contribution in [0, 0.1) is 5.92 Å². The van der Waals surface area contributed by atoms with Gasteiger partial charge in [0.05, 0.1) is 0 Å². The normalized spacial score (nSPS) is 17.0. The van der Waals surface area contributed by atoms with Crippen molar-refractivity contribution in [2.75, 3.05) is 0 Å². The molecule has 3 rings (SSSR count). The largest absolute Gasteiger partial charge is 0.427 e. The van der Waals surface area contributed by atoms with E-state index in [-0.39, 0.29) is 5.97 Å². The summed E-state index contributed by atoms with van der Waals surface area (Å²) in [6.07, 6.45) is 7.80. The third-order valence-corrected chi connectivity index (χ3v) is 5.06. The summed E-state index contributed by atoms with van der Waals surface area (Å²) in [4.78, 5) is 11.3. The van der Waals surface area contributed by atoms with E-state index in [4.69, 9.17) is 4.74 Å². The summed E-state index contributed by atoms with van der Waals surface area (Å²) in [6.45, 7) is 4.08. The van der Waals surface area contributed by atoms with Crippen LogP contribution < -0.4 is 4.74 Å². The second-order valence-corrected chi connectivity index (χ2v) is 6.71. The van der Waals surface area contributed by atoms with E-state index in [1.807, 2.05) is 24.3 Å². The molecule has 25 heavy (non-hydrogen) atoms. The van der Waals surface area contributed by atoms with Gasteiger partial charge in [-0.15, -0.1) is 0 Å². The molecule has 0 saturated heterocycles. The Hall–Kier alpha value is -2.35. The van der Waals surface area contributed by atoms with Crippen molar-refractivity contribution in [1.29, 1.82) is 0 Å². The highest BCUT2D eigenvalue weighted by atomic mass is 16.5. The van der Waals surface area contributed by atoms with Gasteiger partial charge in [0, 0.05) is 6.42 Å². The van der Waals surface area contributed by atoms with Crippen molar-refractivity contribution in [3.63, 3.8) is 0 Å². The lowest BCUT2D eigenvalue weighted by Gasteiger charge is -2.20. The van der Waals surface area contributed by atoms with Gasteiger partial charge in [-0.1, -0.05) is 62.7 Å². The van der Waals surface area contributed by atoms with Crippen LogP contribution in [0.2, 0.25) is 0 Å². The first kappa shape index (κ1) is 17.5. The first-order valence-corrected chi connectivity index (χ1v) is 9.30. The van der Waals surface area contributed by atoms with Crippen molar-refractivity contribution in [3.05, 3.63) is 60.2 Å². The van der Waals surface area contributed by atoms with Crippen LogP contribution in [-0.4, -0.2) is 5.97 Å². The van der Waals surface area contributed by atoms with E-state index in [1.54, 1.807) is 6.92 Å². The van der Waals surface area contributed by atoms with Gasteiger partial charge in [-0.25, -0.2) is 0 Å². The summed E-state index contributed by atoms with van der Waals surface area (Å²) < 4.78 is 5.22. The molecule has 0 fully saturated rings. The highest BCUT2D eigenvalue weighted by Crippen LogP contribution is 2.32. The van der Waals surface area contributed by atoms with Gasteiger partial charge in [-0.2, -0.15) is 0 Å². The first-order valence-electron chi connectivity index (χ1n) is 9.30. The Morgan fingerprint density at radius 2 is 1.56 bits per heavy atom. The lowest BCUT2D eigenvalue weighted by molar-refractivity contribution is -0.134. The predicted octanol–water partition coefficient (Wildman–Crippen LogP) is 6.26. The summed E-state index contributed by atoms with van der Waals surface area (Å²) in [5.74, 6) is 1.26. The van der Waals surface area contributed by atoms with Crippen LogP contribution in [0.4, 0.5) is 0 Å². The summed E-state index contributed by atoms with van der Waals surface area (Å²) >= 11 is 0. The molecule has 0 heterocycles. The van der Waals surface area contributed by atoms with Crippen molar-refractivity contribution < 1.29 is 9.53 Å². The molecule has 2 aromatic carbocycles. The zero-order chi connectivity index (χ0) is 17.6. The molecule has 0 spiro atoms. The summed E-state index contributed by atoms with van der Waals surface area (Å²) in [5.41, 5.74) is 5.14. The van der Waals surface area contributed by atoms with Gasteiger partial charge in [-0.05, 0) is 59.6 Å². The van der Waals surface area contributed by atoms with E-state index in [0.717, 1.165) is 11.5 Å². The van der Waals surface area contributed by atoms with Gasteiger partial charge in [0.1, 0.15) is 5.75 Å². The Kier molecular flexibility index (Phi) is 5.70. The summed E-state index contributed by atoms with van der Waals surface area (Å²) in [5, 5.41) is 0. The Balaban J connectivity index is 1.70. The molecule has 0 radical (unpaired) electrons. The third-order valence-electron chi connectivity index (χ3n) is 5.06. The monoisotopic (exact) mass is 334 g/mol. The van der Waals surface area contributed by atoms with E-state index in [2.05, 4.69) is 37.3 Å².